The number of aromatic nitrogens is 2. The van der Waals surface area contributed by atoms with Crippen LogP contribution < -0.4 is 10.9 Å². The Morgan fingerprint density at radius 3 is 2.79 bits per heavy atom. The molecule has 0 aliphatic heterocycles. The zero-order valence-electron chi connectivity index (χ0n) is 11.9. The smallest absolute Gasteiger partial charge is 0.254 e. The first-order valence-electron chi connectivity index (χ1n) is 6.48. The van der Waals surface area contributed by atoms with E-state index in [9.17, 15) is 9.59 Å². The summed E-state index contributed by atoms with van der Waals surface area (Å²) in [6.07, 6.45) is 1.61. The fourth-order valence-corrected chi connectivity index (χ4v) is 2.60. The van der Waals surface area contributed by atoms with E-state index in [0.29, 0.717) is 23.8 Å². The third-order valence-corrected chi connectivity index (χ3v) is 4.09. The van der Waals surface area contributed by atoms with Gasteiger partial charge in [-0.2, -0.15) is 0 Å². The lowest BCUT2D eigenvalue weighted by Crippen LogP contribution is -2.33. The minimum Gasteiger partial charge on any atom is -0.355 e. The fraction of sp³-hybridized carbons (Fsp3) is 0.615. The zero-order valence-corrected chi connectivity index (χ0v) is 12.7. The van der Waals surface area contributed by atoms with Crippen LogP contribution in [-0.2, 0) is 11.8 Å². The summed E-state index contributed by atoms with van der Waals surface area (Å²) in [6, 6.07) is 1.49. The van der Waals surface area contributed by atoms with Crippen LogP contribution in [0.15, 0.2) is 16.0 Å². The van der Waals surface area contributed by atoms with Gasteiger partial charge in [-0.15, -0.1) is 0 Å². The van der Waals surface area contributed by atoms with E-state index in [1.165, 1.54) is 22.4 Å². The number of amides is 1. The molecule has 5 nitrogen and oxygen atoms in total. The van der Waals surface area contributed by atoms with E-state index in [2.05, 4.69) is 10.3 Å². The highest BCUT2D eigenvalue weighted by molar-refractivity contribution is 8.00. The Hall–Kier alpha value is -1.30. The van der Waals surface area contributed by atoms with Gasteiger partial charge >= 0.3 is 0 Å². The van der Waals surface area contributed by atoms with Gasteiger partial charge in [-0.3, -0.25) is 14.2 Å². The summed E-state index contributed by atoms with van der Waals surface area (Å²) < 4.78 is 1.48. The highest BCUT2D eigenvalue weighted by Gasteiger charge is 2.19. The summed E-state index contributed by atoms with van der Waals surface area (Å²) in [5.41, 5.74) is 0.577. The van der Waals surface area contributed by atoms with Gasteiger partial charge in [0.25, 0.3) is 5.56 Å². The maximum Gasteiger partial charge on any atom is 0.254 e. The number of aryl methyl sites for hydroxylation is 1. The topological polar surface area (TPSA) is 64.0 Å². The molecule has 1 aromatic heterocycles. The number of hydrogen-bond acceptors (Lipinski definition) is 4. The molecule has 0 aromatic carbocycles. The number of carbonyl (C=O) groups is 1. The van der Waals surface area contributed by atoms with E-state index in [-0.39, 0.29) is 16.7 Å². The molecule has 0 aliphatic carbocycles. The molecule has 0 fully saturated rings. The summed E-state index contributed by atoms with van der Waals surface area (Å²) in [5, 5.41) is 3.25. The minimum atomic E-state index is -0.216. The number of thioether (sulfide) groups is 1. The number of nitrogens with one attached hydrogen (secondary N) is 1. The quantitative estimate of drug-likeness (QED) is 0.634. The van der Waals surface area contributed by atoms with Gasteiger partial charge in [-0.05, 0) is 19.8 Å². The Morgan fingerprint density at radius 2 is 2.21 bits per heavy atom. The van der Waals surface area contributed by atoms with Crippen molar-refractivity contribution in [1.29, 1.82) is 0 Å². The highest BCUT2D eigenvalue weighted by Crippen LogP contribution is 2.22. The van der Waals surface area contributed by atoms with Crippen LogP contribution in [0, 0.1) is 6.92 Å². The van der Waals surface area contributed by atoms with Crippen molar-refractivity contribution in [2.24, 2.45) is 7.05 Å². The molecule has 0 aliphatic rings. The Balaban J connectivity index is 2.87. The summed E-state index contributed by atoms with van der Waals surface area (Å²) in [4.78, 5) is 28.0. The Kier molecular flexibility index (Phi) is 6.08. The molecule has 0 saturated carbocycles. The molecule has 6 heteroatoms. The molecule has 0 spiro atoms. The van der Waals surface area contributed by atoms with Gasteiger partial charge in [0.2, 0.25) is 5.91 Å². The molecule has 1 heterocycles. The highest BCUT2D eigenvalue weighted by atomic mass is 32.2. The van der Waals surface area contributed by atoms with Crippen molar-refractivity contribution < 1.29 is 4.79 Å². The summed E-state index contributed by atoms with van der Waals surface area (Å²) in [7, 11) is 1.67. The summed E-state index contributed by atoms with van der Waals surface area (Å²) in [5.74, 6) is 0.00473. The molecule has 1 amide bonds. The molecule has 1 N–H and O–H groups in total. The van der Waals surface area contributed by atoms with Gasteiger partial charge in [-0.1, -0.05) is 25.6 Å². The third-order valence-electron chi connectivity index (χ3n) is 2.68. The standard InChI is InChI=1S/C13H21N3O2S/c1-5-7-14-12(18)10(6-2)19-13-15-9(3)8-11(17)16(13)4/h8,10H,5-7H2,1-4H3,(H,14,18). The van der Waals surface area contributed by atoms with E-state index in [1.807, 2.05) is 13.8 Å². The first-order chi connectivity index (χ1) is 8.99. The molecule has 1 aromatic rings. The lowest BCUT2D eigenvalue weighted by Gasteiger charge is -2.15. The van der Waals surface area contributed by atoms with Crippen molar-refractivity contribution in [1.82, 2.24) is 14.9 Å². The van der Waals surface area contributed by atoms with Crippen molar-refractivity contribution in [3.8, 4) is 0 Å². The Morgan fingerprint density at radius 1 is 1.53 bits per heavy atom. The van der Waals surface area contributed by atoms with Crippen molar-refractivity contribution >= 4 is 17.7 Å². The SMILES string of the molecule is CCCNC(=O)C(CC)Sc1nc(C)cc(=O)n1C. The predicted octanol–water partition coefficient (Wildman–Crippen LogP) is 1.49. The van der Waals surface area contributed by atoms with E-state index >= 15 is 0 Å². The monoisotopic (exact) mass is 283 g/mol. The lowest BCUT2D eigenvalue weighted by molar-refractivity contribution is -0.120. The van der Waals surface area contributed by atoms with Crippen molar-refractivity contribution in [2.45, 2.75) is 44.0 Å². The van der Waals surface area contributed by atoms with Crippen molar-refractivity contribution in [2.75, 3.05) is 6.54 Å². The van der Waals surface area contributed by atoms with Gasteiger partial charge in [0.15, 0.2) is 5.16 Å². The van der Waals surface area contributed by atoms with Gasteiger partial charge < -0.3 is 5.32 Å². The molecule has 106 valence electrons. The zero-order chi connectivity index (χ0) is 14.4. The second-order valence-corrected chi connectivity index (χ2v) is 5.55. The third kappa shape index (κ3) is 4.38. The van der Waals surface area contributed by atoms with E-state index in [4.69, 9.17) is 0 Å². The van der Waals surface area contributed by atoms with Crippen molar-refractivity contribution in [3.05, 3.63) is 22.1 Å². The summed E-state index contributed by atoms with van der Waals surface area (Å²) in [6.45, 7) is 6.43. The van der Waals surface area contributed by atoms with Crippen LogP contribution in [0.5, 0.6) is 0 Å². The van der Waals surface area contributed by atoms with Crippen LogP contribution in [0.3, 0.4) is 0 Å². The van der Waals surface area contributed by atoms with E-state index in [0.717, 1.165) is 6.42 Å². The second-order valence-electron chi connectivity index (χ2n) is 4.38. The van der Waals surface area contributed by atoms with Crippen LogP contribution in [0.4, 0.5) is 0 Å². The molecule has 1 atom stereocenters. The first kappa shape index (κ1) is 15.8. The molecule has 1 unspecified atom stereocenters. The van der Waals surface area contributed by atoms with Gasteiger partial charge in [-0.25, -0.2) is 4.98 Å². The molecule has 0 radical (unpaired) electrons. The van der Waals surface area contributed by atoms with Gasteiger partial charge in [0.1, 0.15) is 0 Å². The molecule has 0 bridgehead atoms. The van der Waals surface area contributed by atoms with Gasteiger partial charge in [0, 0.05) is 25.4 Å². The normalized spacial score (nSPS) is 12.2. The van der Waals surface area contributed by atoms with Crippen LogP contribution in [0.25, 0.3) is 0 Å². The van der Waals surface area contributed by atoms with E-state index < -0.39 is 0 Å². The fourth-order valence-electron chi connectivity index (χ4n) is 1.54. The Bertz CT molecular complexity index is 499. The molecular formula is C13H21N3O2S. The first-order valence-corrected chi connectivity index (χ1v) is 7.36. The van der Waals surface area contributed by atoms with Crippen LogP contribution >= 0.6 is 11.8 Å². The Labute approximate surface area is 117 Å². The largest absolute Gasteiger partial charge is 0.355 e. The minimum absolute atomic E-state index is 0.00473. The average molecular weight is 283 g/mol. The number of nitrogens with zero attached hydrogens (tertiary/aromatic N) is 2. The van der Waals surface area contributed by atoms with Crippen LogP contribution in [0.1, 0.15) is 32.4 Å². The molecule has 0 saturated heterocycles. The van der Waals surface area contributed by atoms with Crippen molar-refractivity contribution in [3.63, 3.8) is 0 Å². The summed E-state index contributed by atoms with van der Waals surface area (Å²) >= 11 is 1.34. The lowest BCUT2D eigenvalue weighted by atomic mass is 10.3. The maximum absolute atomic E-state index is 12.0. The average Bonchev–Trinajstić information content (AvgIpc) is 2.38. The van der Waals surface area contributed by atoms with Crippen LogP contribution in [0.2, 0.25) is 0 Å². The predicted molar refractivity (Wildman–Crippen MR) is 77.5 cm³/mol. The number of rotatable bonds is 6. The van der Waals surface area contributed by atoms with Gasteiger partial charge in [0.05, 0.1) is 5.25 Å². The number of carbonyl (C=O) groups excluding carboxylic acids is 1. The maximum atomic E-state index is 12.0. The molecular weight excluding hydrogens is 262 g/mol. The molecule has 1 rings (SSSR count). The second kappa shape index (κ2) is 7.33. The number of hydrogen-bond donors (Lipinski definition) is 1. The van der Waals surface area contributed by atoms with E-state index in [1.54, 1.807) is 14.0 Å². The molecule has 19 heavy (non-hydrogen) atoms. The van der Waals surface area contributed by atoms with Crippen LogP contribution in [-0.4, -0.2) is 27.3 Å².